The highest BCUT2D eigenvalue weighted by atomic mass is 35.5. The second-order valence-corrected chi connectivity index (χ2v) is 9.35. The molecule has 0 aliphatic heterocycles. The number of halogens is 1. The van der Waals surface area contributed by atoms with Crippen LogP contribution in [-0.4, -0.2) is 27.0 Å². The predicted molar refractivity (Wildman–Crippen MR) is 110 cm³/mol. The molecule has 0 radical (unpaired) electrons. The summed E-state index contributed by atoms with van der Waals surface area (Å²) in [7, 11) is -3.62. The molecule has 1 saturated carbocycles. The summed E-state index contributed by atoms with van der Waals surface area (Å²) >= 11 is 6.22. The molecule has 1 amide bonds. The van der Waals surface area contributed by atoms with Crippen LogP contribution in [0.3, 0.4) is 0 Å². The highest BCUT2D eigenvalue weighted by Crippen LogP contribution is 2.28. The zero-order chi connectivity index (χ0) is 20.3. The first kappa shape index (κ1) is 20.6. The second kappa shape index (κ2) is 8.51. The largest absolute Gasteiger partial charge is 0.492 e. The van der Waals surface area contributed by atoms with Gasteiger partial charge in [0.25, 0.3) is 5.91 Å². The Kier molecular flexibility index (Phi) is 6.27. The molecule has 3 rings (SSSR count). The number of anilines is 1. The van der Waals surface area contributed by atoms with Gasteiger partial charge in [0.15, 0.2) is 0 Å². The van der Waals surface area contributed by atoms with Gasteiger partial charge in [-0.1, -0.05) is 31.5 Å². The number of hydrogen-bond acceptors (Lipinski definition) is 4. The predicted octanol–water partition coefficient (Wildman–Crippen LogP) is 4.07. The van der Waals surface area contributed by atoms with Gasteiger partial charge in [-0.3, -0.25) is 4.79 Å². The minimum absolute atomic E-state index is 0.000976. The topological polar surface area (TPSA) is 84.5 Å². The van der Waals surface area contributed by atoms with E-state index in [0.29, 0.717) is 29.0 Å². The zero-order valence-electron chi connectivity index (χ0n) is 15.7. The third-order valence-corrected chi connectivity index (χ3v) is 5.88. The molecule has 0 bridgehead atoms. The number of nitrogens with one attached hydrogen (secondary N) is 2. The lowest BCUT2D eigenvalue weighted by Gasteiger charge is -2.12. The van der Waals surface area contributed by atoms with Gasteiger partial charge in [-0.15, -0.1) is 0 Å². The number of ether oxygens (including phenoxy) is 1. The maximum Gasteiger partial charge on any atom is 0.255 e. The second-order valence-electron chi connectivity index (χ2n) is 7.23. The Morgan fingerprint density at radius 3 is 2.61 bits per heavy atom. The van der Waals surface area contributed by atoms with Crippen LogP contribution in [-0.2, 0) is 10.0 Å². The Morgan fingerprint density at radius 1 is 1.21 bits per heavy atom. The van der Waals surface area contributed by atoms with Crippen molar-refractivity contribution in [3.8, 4) is 5.75 Å². The van der Waals surface area contributed by atoms with E-state index in [0.717, 1.165) is 12.8 Å². The highest BCUT2D eigenvalue weighted by Gasteiger charge is 2.28. The Morgan fingerprint density at radius 2 is 1.96 bits per heavy atom. The summed E-state index contributed by atoms with van der Waals surface area (Å²) in [6, 6.07) is 10.9. The van der Waals surface area contributed by atoms with Crippen molar-refractivity contribution in [2.75, 3.05) is 11.9 Å². The van der Waals surface area contributed by atoms with Crippen LogP contribution >= 0.6 is 11.6 Å². The van der Waals surface area contributed by atoms with Crippen LogP contribution in [0.4, 0.5) is 5.69 Å². The third kappa shape index (κ3) is 5.47. The van der Waals surface area contributed by atoms with E-state index in [-0.39, 0.29) is 16.5 Å². The summed E-state index contributed by atoms with van der Waals surface area (Å²) < 4.78 is 32.9. The van der Waals surface area contributed by atoms with E-state index in [2.05, 4.69) is 10.0 Å². The first-order valence-corrected chi connectivity index (χ1v) is 11.0. The summed E-state index contributed by atoms with van der Waals surface area (Å²) in [5, 5.41) is 3.12. The molecule has 0 aromatic heterocycles. The van der Waals surface area contributed by atoms with E-state index in [1.165, 1.54) is 12.1 Å². The summed E-state index contributed by atoms with van der Waals surface area (Å²) in [5.41, 5.74) is 0.742. The molecule has 1 aliphatic rings. The molecule has 1 aliphatic carbocycles. The van der Waals surface area contributed by atoms with Gasteiger partial charge in [0.05, 0.1) is 16.5 Å². The van der Waals surface area contributed by atoms with E-state index in [1.54, 1.807) is 30.3 Å². The quantitative estimate of drug-likeness (QED) is 0.671. The van der Waals surface area contributed by atoms with Crippen molar-refractivity contribution >= 4 is 33.2 Å². The van der Waals surface area contributed by atoms with Gasteiger partial charge in [0.1, 0.15) is 5.75 Å². The van der Waals surface area contributed by atoms with Gasteiger partial charge in [-0.05, 0) is 55.2 Å². The monoisotopic (exact) mass is 422 g/mol. The smallest absolute Gasteiger partial charge is 0.255 e. The Bertz CT molecular complexity index is 972. The van der Waals surface area contributed by atoms with Gasteiger partial charge >= 0.3 is 0 Å². The lowest BCUT2D eigenvalue weighted by atomic mass is 10.2. The summed E-state index contributed by atoms with van der Waals surface area (Å²) in [6.45, 7) is 4.62. The normalized spacial score (nSPS) is 14.1. The van der Waals surface area contributed by atoms with E-state index in [4.69, 9.17) is 16.3 Å². The van der Waals surface area contributed by atoms with Crippen molar-refractivity contribution in [1.29, 1.82) is 0 Å². The van der Waals surface area contributed by atoms with Gasteiger partial charge in [-0.25, -0.2) is 13.1 Å². The Labute approximate surface area is 170 Å². The van der Waals surface area contributed by atoms with Crippen molar-refractivity contribution in [1.82, 2.24) is 4.72 Å². The molecule has 0 spiro atoms. The minimum Gasteiger partial charge on any atom is -0.492 e. The molecule has 0 heterocycles. The van der Waals surface area contributed by atoms with E-state index < -0.39 is 15.9 Å². The third-order valence-electron chi connectivity index (χ3n) is 4.07. The fourth-order valence-corrected chi connectivity index (χ4v) is 4.03. The Hall–Kier alpha value is -2.09. The molecule has 0 unspecified atom stereocenters. The van der Waals surface area contributed by atoms with Crippen LogP contribution in [0.5, 0.6) is 5.75 Å². The number of amides is 1. The van der Waals surface area contributed by atoms with Gasteiger partial charge in [0, 0.05) is 17.3 Å². The van der Waals surface area contributed by atoms with Crippen LogP contribution < -0.4 is 14.8 Å². The van der Waals surface area contributed by atoms with Crippen molar-refractivity contribution in [3.63, 3.8) is 0 Å². The molecular weight excluding hydrogens is 400 g/mol. The molecule has 150 valence electrons. The fraction of sp³-hybridized carbons (Fsp3) is 0.350. The maximum absolute atomic E-state index is 12.5. The first-order valence-electron chi connectivity index (χ1n) is 9.11. The molecular formula is C20H23ClN2O4S. The summed E-state index contributed by atoms with van der Waals surface area (Å²) in [6.07, 6.45) is 1.69. The maximum atomic E-state index is 12.5. The average molecular weight is 423 g/mol. The van der Waals surface area contributed by atoms with Crippen LogP contribution in [0.2, 0.25) is 5.02 Å². The summed E-state index contributed by atoms with van der Waals surface area (Å²) in [4.78, 5) is 12.6. The van der Waals surface area contributed by atoms with Crippen LogP contribution in [0, 0.1) is 5.92 Å². The van der Waals surface area contributed by atoms with E-state index in [9.17, 15) is 13.2 Å². The molecule has 2 N–H and O–H groups in total. The zero-order valence-corrected chi connectivity index (χ0v) is 17.3. The number of carbonyl (C=O) groups is 1. The lowest BCUT2D eigenvalue weighted by Crippen LogP contribution is -2.26. The minimum atomic E-state index is -3.62. The molecule has 8 heteroatoms. The lowest BCUT2D eigenvalue weighted by molar-refractivity contribution is 0.102. The van der Waals surface area contributed by atoms with Gasteiger partial charge in [-0.2, -0.15) is 0 Å². The van der Waals surface area contributed by atoms with Gasteiger partial charge < -0.3 is 10.1 Å². The van der Waals surface area contributed by atoms with Crippen LogP contribution in [0.15, 0.2) is 47.4 Å². The highest BCUT2D eigenvalue weighted by molar-refractivity contribution is 7.89. The molecule has 1 fully saturated rings. The molecule has 2 aromatic rings. The van der Waals surface area contributed by atoms with Crippen molar-refractivity contribution < 1.29 is 17.9 Å². The van der Waals surface area contributed by atoms with Crippen molar-refractivity contribution in [2.24, 2.45) is 5.92 Å². The number of rotatable bonds is 8. The average Bonchev–Trinajstić information content (AvgIpc) is 3.44. The summed E-state index contributed by atoms with van der Waals surface area (Å²) in [5.74, 6) is 0.497. The molecule has 0 atom stereocenters. The SMILES string of the molecule is CC(C)COc1ccc(NC(=O)c2cccc(S(=O)(=O)NC3CC3)c2)cc1Cl. The molecule has 0 saturated heterocycles. The fourth-order valence-electron chi connectivity index (χ4n) is 2.45. The number of hydrogen-bond donors (Lipinski definition) is 2. The molecule has 28 heavy (non-hydrogen) atoms. The van der Waals surface area contributed by atoms with Crippen LogP contribution in [0.1, 0.15) is 37.0 Å². The number of sulfonamides is 1. The van der Waals surface area contributed by atoms with E-state index in [1.807, 2.05) is 13.8 Å². The van der Waals surface area contributed by atoms with E-state index >= 15 is 0 Å². The number of carbonyl (C=O) groups excluding carboxylic acids is 1. The van der Waals surface area contributed by atoms with Crippen LogP contribution in [0.25, 0.3) is 0 Å². The van der Waals surface area contributed by atoms with Crippen molar-refractivity contribution in [3.05, 3.63) is 53.1 Å². The van der Waals surface area contributed by atoms with Gasteiger partial charge in [0.2, 0.25) is 10.0 Å². The first-order chi connectivity index (χ1) is 13.2. The number of benzene rings is 2. The molecule has 6 nitrogen and oxygen atoms in total. The van der Waals surface area contributed by atoms with Crippen molar-refractivity contribution in [2.45, 2.75) is 37.6 Å². The Balaban J connectivity index is 1.71. The standard InChI is InChI=1S/C20H23ClN2O4S/c1-13(2)12-27-19-9-8-16(11-18(19)21)22-20(24)14-4-3-5-17(10-14)28(25,26)23-15-6-7-15/h3-5,8-11,13,15,23H,6-7,12H2,1-2H3,(H,22,24). The molecule has 2 aromatic carbocycles.